The molecule has 1 unspecified atom stereocenters. The average molecular weight is 242 g/mol. The molecule has 0 saturated carbocycles. The molecule has 18 heavy (non-hydrogen) atoms. The Balaban J connectivity index is 1.92. The van der Waals surface area contributed by atoms with E-state index < -0.39 is 0 Å². The van der Waals surface area contributed by atoms with Gasteiger partial charge in [0, 0.05) is 36.1 Å². The minimum absolute atomic E-state index is 0.571. The molecule has 1 atom stereocenters. The first-order chi connectivity index (χ1) is 8.86. The van der Waals surface area contributed by atoms with Crippen molar-refractivity contribution in [3.8, 4) is 11.3 Å². The summed E-state index contributed by atoms with van der Waals surface area (Å²) in [5.41, 5.74) is 4.75. The predicted molar refractivity (Wildman–Crippen MR) is 71.4 cm³/mol. The zero-order valence-corrected chi connectivity index (χ0v) is 10.6. The van der Waals surface area contributed by atoms with E-state index in [0.29, 0.717) is 5.92 Å². The number of piperidine rings is 1. The average Bonchev–Trinajstić information content (AvgIpc) is 2.83. The van der Waals surface area contributed by atoms with Crippen LogP contribution in [-0.4, -0.2) is 28.3 Å². The molecule has 2 aromatic heterocycles. The molecule has 2 aromatic rings. The van der Waals surface area contributed by atoms with E-state index in [2.05, 4.69) is 27.4 Å². The normalized spacial score (nSPS) is 19.9. The van der Waals surface area contributed by atoms with Gasteiger partial charge in [-0.3, -0.25) is 10.1 Å². The third kappa shape index (κ3) is 2.04. The smallest absolute Gasteiger partial charge is 0.0953 e. The minimum Gasteiger partial charge on any atom is -0.316 e. The highest BCUT2D eigenvalue weighted by Crippen LogP contribution is 2.29. The second-order valence-corrected chi connectivity index (χ2v) is 4.89. The third-order valence-electron chi connectivity index (χ3n) is 3.71. The molecule has 4 heteroatoms. The highest BCUT2D eigenvalue weighted by Gasteiger charge is 2.21. The summed E-state index contributed by atoms with van der Waals surface area (Å²) in [6.45, 7) is 4.35. The van der Waals surface area contributed by atoms with Crippen LogP contribution in [0.15, 0.2) is 24.5 Å². The lowest BCUT2D eigenvalue weighted by atomic mass is 9.93. The van der Waals surface area contributed by atoms with Gasteiger partial charge in [-0.2, -0.15) is 5.10 Å². The van der Waals surface area contributed by atoms with Crippen LogP contribution in [-0.2, 0) is 0 Å². The van der Waals surface area contributed by atoms with E-state index in [1.807, 2.05) is 24.5 Å². The molecular weight excluding hydrogens is 224 g/mol. The quantitative estimate of drug-likeness (QED) is 0.849. The summed E-state index contributed by atoms with van der Waals surface area (Å²) in [5.74, 6) is 0.571. The molecular formula is C14H18N4. The zero-order valence-electron chi connectivity index (χ0n) is 10.6. The van der Waals surface area contributed by atoms with Crippen LogP contribution < -0.4 is 5.32 Å². The summed E-state index contributed by atoms with van der Waals surface area (Å²) >= 11 is 0. The summed E-state index contributed by atoms with van der Waals surface area (Å²) in [7, 11) is 0. The fraction of sp³-hybridized carbons (Fsp3) is 0.429. The molecule has 3 rings (SSSR count). The first-order valence-electron chi connectivity index (χ1n) is 6.52. The SMILES string of the molecule is Cc1c(-c2ccncc2)n[nH]c1C1CCCNC1. The summed E-state index contributed by atoms with van der Waals surface area (Å²) in [6, 6.07) is 4.01. The number of rotatable bonds is 2. The second kappa shape index (κ2) is 4.90. The van der Waals surface area contributed by atoms with Gasteiger partial charge in [0.2, 0.25) is 0 Å². The van der Waals surface area contributed by atoms with Crippen molar-refractivity contribution in [1.29, 1.82) is 0 Å². The fourth-order valence-corrected chi connectivity index (χ4v) is 2.70. The summed E-state index contributed by atoms with van der Waals surface area (Å²) in [5, 5.41) is 11.2. The van der Waals surface area contributed by atoms with Gasteiger partial charge in [0.1, 0.15) is 0 Å². The van der Waals surface area contributed by atoms with Crippen LogP contribution in [0.5, 0.6) is 0 Å². The van der Waals surface area contributed by atoms with E-state index in [4.69, 9.17) is 0 Å². The van der Waals surface area contributed by atoms with E-state index in [9.17, 15) is 0 Å². The van der Waals surface area contributed by atoms with Crippen molar-refractivity contribution in [3.05, 3.63) is 35.8 Å². The Labute approximate surface area is 107 Å². The third-order valence-corrected chi connectivity index (χ3v) is 3.71. The highest BCUT2D eigenvalue weighted by molar-refractivity contribution is 5.63. The minimum atomic E-state index is 0.571. The number of nitrogens with zero attached hydrogens (tertiary/aromatic N) is 2. The Morgan fingerprint density at radius 1 is 1.28 bits per heavy atom. The van der Waals surface area contributed by atoms with Gasteiger partial charge in [-0.15, -0.1) is 0 Å². The van der Waals surface area contributed by atoms with Gasteiger partial charge in [-0.1, -0.05) is 0 Å². The van der Waals surface area contributed by atoms with Gasteiger partial charge in [0.15, 0.2) is 0 Å². The Morgan fingerprint density at radius 2 is 2.11 bits per heavy atom. The molecule has 0 radical (unpaired) electrons. The molecule has 1 aliphatic rings. The summed E-state index contributed by atoms with van der Waals surface area (Å²) < 4.78 is 0. The maximum absolute atomic E-state index is 4.48. The van der Waals surface area contributed by atoms with E-state index in [-0.39, 0.29) is 0 Å². The molecule has 0 aromatic carbocycles. The summed E-state index contributed by atoms with van der Waals surface area (Å²) in [4.78, 5) is 4.05. The molecule has 94 valence electrons. The van der Waals surface area contributed by atoms with E-state index in [0.717, 1.165) is 24.3 Å². The van der Waals surface area contributed by atoms with Crippen LogP contribution >= 0.6 is 0 Å². The highest BCUT2D eigenvalue weighted by atomic mass is 15.1. The number of aromatic amines is 1. The topological polar surface area (TPSA) is 53.6 Å². The van der Waals surface area contributed by atoms with E-state index in [1.54, 1.807) is 0 Å². The molecule has 4 nitrogen and oxygen atoms in total. The van der Waals surface area contributed by atoms with Crippen LogP contribution in [0.1, 0.15) is 30.0 Å². The van der Waals surface area contributed by atoms with Crippen molar-refractivity contribution >= 4 is 0 Å². The van der Waals surface area contributed by atoms with Crippen LogP contribution in [0.2, 0.25) is 0 Å². The predicted octanol–water partition coefficient (Wildman–Crippen LogP) is 2.25. The van der Waals surface area contributed by atoms with Crippen molar-refractivity contribution < 1.29 is 0 Å². The monoisotopic (exact) mass is 242 g/mol. The van der Waals surface area contributed by atoms with E-state index in [1.165, 1.54) is 24.1 Å². The van der Waals surface area contributed by atoms with E-state index >= 15 is 0 Å². The van der Waals surface area contributed by atoms with Crippen LogP contribution in [0.3, 0.4) is 0 Å². The van der Waals surface area contributed by atoms with Crippen LogP contribution in [0.4, 0.5) is 0 Å². The molecule has 0 aliphatic carbocycles. The molecule has 1 aliphatic heterocycles. The van der Waals surface area contributed by atoms with Crippen LogP contribution in [0.25, 0.3) is 11.3 Å². The first kappa shape index (κ1) is 11.4. The van der Waals surface area contributed by atoms with Gasteiger partial charge in [0.25, 0.3) is 0 Å². The summed E-state index contributed by atoms with van der Waals surface area (Å²) in [6.07, 6.45) is 6.11. The number of pyridine rings is 1. The number of hydrogen-bond acceptors (Lipinski definition) is 3. The van der Waals surface area contributed by atoms with Gasteiger partial charge >= 0.3 is 0 Å². The van der Waals surface area contributed by atoms with Crippen molar-refractivity contribution in [2.24, 2.45) is 0 Å². The fourth-order valence-electron chi connectivity index (χ4n) is 2.70. The molecule has 3 heterocycles. The number of aromatic nitrogens is 3. The first-order valence-corrected chi connectivity index (χ1v) is 6.52. The lowest BCUT2D eigenvalue weighted by molar-refractivity contribution is 0.453. The molecule has 1 saturated heterocycles. The molecule has 2 N–H and O–H groups in total. The lowest BCUT2D eigenvalue weighted by Gasteiger charge is -2.22. The molecule has 1 fully saturated rings. The van der Waals surface area contributed by atoms with Crippen molar-refractivity contribution in [1.82, 2.24) is 20.5 Å². The Kier molecular flexibility index (Phi) is 3.11. The van der Waals surface area contributed by atoms with Crippen molar-refractivity contribution in [3.63, 3.8) is 0 Å². The molecule has 0 spiro atoms. The molecule has 0 bridgehead atoms. The van der Waals surface area contributed by atoms with Gasteiger partial charge in [0.05, 0.1) is 5.69 Å². The van der Waals surface area contributed by atoms with Gasteiger partial charge in [-0.05, 0) is 44.0 Å². The lowest BCUT2D eigenvalue weighted by Crippen LogP contribution is -2.28. The maximum Gasteiger partial charge on any atom is 0.0953 e. The zero-order chi connectivity index (χ0) is 12.4. The van der Waals surface area contributed by atoms with Gasteiger partial charge < -0.3 is 5.32 Å². The number of hydrogen-bond donors (Lipinski definition) is 2. The Bertz CT molecular complexity index is 512. The Morgan fingerprint density at radius 3 is 2.83 bits per heavy atom. The number of nitrogens with one attached hydrogen (secondary N) is 2. The maximum atomic E-state index is 4.48. The van der Waals surface area contributed by atoms with Crippen LogP contribution in [0, 0.1) is 6.92 Å². The molecule has 0 amide bonds. The largest absolute Gasteiger partial charge is 0.316 e. The Hall–Kier alpha value is -1.68. The van der Waals surface area contributed by atoms with Crippen molar-refractivity contribution in [2.75, 3.05) is 13.1 Å². The van der Waals surface area contributed by atoms with Gasteiger partial charge in [-0.25, -0.2) is 0 Å². The second-order valence-electron chi connectivity index (χ2n) is 4.89. The number of H-pyrrole nitrogens is 1. The van der Waals surface area contributed by atoms with Crippen molar-refractivity contribution in [2.45, 2.75) is 25.7 Å². The standard InChI is InChI=1S/C14H18N4/c1-10-13(11-4-7-15-8-5-11)17-18-14(10)12-3-2-6-16-9-12/h4-5,7-8,12,16H,2-3,6,9H2,1H3,(H,17,18).